The van der Waals surface area contributed by atoms with Gasteiger partial charge in [0.25, 0.3) is 0 Å². The van der Waals surface area contributed by atoms with Crippen molar-refractivity contribution in [3.05, 3.63) is 104 Å². The Balaban J connectivity index is 1.63. The highest BCUT2D eigenvalue weighted by atomic mass is 35.5. The van der Waals surface area contributed by atoms with Gasteiger partial charge in [-0.05, 0) is 54.4 Å². The number of hydrogen-bond donors (Lipinski definition) is 1. The highest BCUT2D eigenvalue weighted by Gasteiger charge is 2.44. The first-order chi connectivity index (χ1) is 15.9. The minimum atomic E-state index is -0.911. The maximum atomic E-state index is 14.3. The first-order valence-electron chi connectivity index (χ1n) is 10.5. The minimum Gasteiger partial charge on any atom is -0.369 e. The Bertz CT molecular complexity index is 1110. The van der Waals surface area contributed by atoms with E-state index >= 15 is 0 Å². The van der Waals surface area contributed by atoms with Crippen molar-refractivity contribution in [1.29, 1.82) is 0 Å². The number of ether oxygens (including phenoxy) is 2. The molecule has 3 nitrogen and oxygen atoms in total. The van der Waals surface area contributed by atoms with Gasteiger partial charge in [0.05, 0.1) is 23.3 Å². The van der Waals surface area contributed by atoms with Crippen LogP contribution in [0.25, 0.3) is 0 Å². The summed E-state index contributed by atoms with van der Waals surface area (Å²) >= 11 is 18.3. The van der Waals surface area contributed by atoms with Crippen LogP contribution in [0.15, 0.2) is 60.7 Å². The molecule has 0 saturated carbocycles. The molecule has 3 aromatic carbocycles. The van der Waals surface area contributed by atoms with Gasteiger partial charge in [-0.1, -0.05) is 65.1 Å². The van der Waals surface area contributed by atoms with Crippen LogP contribution < -0.4 is 5.32 Å². The summed E-state index contributed by atoms with van der Waals surface area (Å²) < 4.78 is 40.8. The average Bonchev–Trinajstić information content (AvgIpc) is 2.82. The van der Waals surface area contributed by atoms with Crippen molar-refractivity contribution in [1.82, 2.24) is 5.32 Å². The summed E-state index contributed by atoms with van der Waals surface area (Å²) in [4.78, 5) is 0. The first-order valence-corrected chi connectivity index (χ1v) is 11.6. The van der Waals surface area contributed by atoms with E-state index < -0.39 is 23.3 Å². The lowest BCUT2D eigenvalue weighted by Gasteiger charge is -2.44. The normalized spacial score (nSPS) is 20.7. The quantitative estimate of drug-likeness (QED) is 0.373. The Morgan fingerprint density at radius 2 is 1.73 bits per heavy atom. The lowest BCUT2D eigenvalue weighted by Crippen LogP contribution is -2.54. The van der Waals surface area contributed by atoms with Gasteiger partial charge in [0.2, 0.25) is 0 Å². The van der Waals surface area contributed by atoms with Gasteiger partial charge in [-0.3, -0.25) is 0 Å². The van der Waals surface area contributed by atoms with Crippen LogP contribution in [0.5, 0.6) is 0 Å². The highest BCUT2D eigenvalue weighted by molar-refractivity contribution is 6.42. The van der Waals surface area contributed by atoms with Crippen molar-refractivity contribution in [2.75, 3.05) is 13.1 Å². The van der Waals surface area contributed by atoms with Gasteiger partial charge >= 0.3 is 0 Å². The zero-order valence-electron chi connectivity index (χ0n) is 17.6. The first kappa shape index (κ1) is 24.4. The van der Waals surface area contributed by atoms with Crippen molar-refractivity contribution in [2.45, 2.75) is 31.3 Å². The number of hydrogen-bond acceptors (Lipinski definition) is 3. The van der Waals surface area contributed by atoms with E-state index in [1.807, 2.05) is 18.2 Å². The molecular formula is C25H22Cl3F2NO2. The Hall–Kier alpha value is -1.73. The van der Waals surface area contributed by atoms with Crippen LogP contribution in [0.3, 0.4) is 0 Å². The third kappa shape index (κ3) is 5.51. The van der Waals surface area contributed by atoms with Gasteiger partial charge in [0.1, 0.15) is 11.7 Å². The standard InChI is InChI=1S/C25H22Cl3F2NO2/c26-19-7-5-18(6-8-19)25(33-15-17-2-1-3-22(29)24(17)30)10-11-31-13-23(25)32-14-16-4-9-20(27)21(28)12-16/h1-9,12,23,31H,10-11,13-15H2/t23-,25-/m0/s1. The lowest BCUT2D eigenvalue weighted by molar-refractivity contribution is -0.177. The van der Waals surface area contributed by atoms with Gasteiger partial charge in [0, 0.05) is 17.1 Å². The zero-order chi connectivity index (χ0) is 23.4. The lowest BCUT2D eigenvalue weighted by atomic mass is 9.82. The molecule has 0 bridgehead atoms. The fourth-order valence-electron chi connectivity index (χ4n) is 4.03. The second-order valence-electron chi connectivity index (χ2n) is 7.90. The number of nitrogens with one attached hydrogen (secondary N) is 1. The molecule has 1 fully saturated rings. The molecule has 33 heavy (non-hydrogen) atoms. The molecule has 174 valence electrons. The van der Waals surface area contributed by atoms with E-state index in [4.69, 9.17) is 44.3 Å². The molecule has 0 aliphatic carbocycles. The number of halogens is 5. The second-order valence-corrected chi connectivity index (χ2v) is 9.15. The van der Waals surface area contributed by atoms with Crippen molar-refractivity contribution in [3.8, 4) is 0 Å². The van der Waals surface area contributed by atoms with Gasteiger partial charge in [-0.15, -0.1) is 0 Å². The molecular weight excluding hydrogens is 491 g/mol. The predicted octanol–water partition coefficient (Wildman–Crippen LogP) is 6.92. The van der Waals surface area contributed by atoms with Crippen molar-refractivity contribution in [2.24, 2.45) is 0 Å². The minimum absolute atomic E-state index is 0.112. The number of benzene rings is 3. The van der Waals surface area contributed by atoms with Crippen LogP contribution in [0.4, 0.5) is 8.78 Å². The van der Waals surface area contributed by atoms with Gasteiger partial charge in [0.15, 0.2) is 11.6 Å². The molecule has 4 rings (SSSR count). The largest absolute Gasteiger partial charge is 0.369 e. The zero-order valence-corrected chi connectivity index (χ0v) is 19.9. The molecule has 2 atom stereocenters. The maximum Gasteiger partial charge on any atom is 0.164 e. The molecule has 0 spiro atoms. The summed E-state index contributed by atoms with van der Waals surface area (Å²) in [7, 11) is 0. The topological polar surface area (TPSA) is 30.5 Å². The molecule has 1 aliphatic rings. The fraction of sp³-hybridized carbons (Fsp3) is 0.280. The molecule has 0 amide bonds. The fourth-order valence-corrected chi connectivity index (χ4v) is 4.48. The van der Waals surface area contributed by atoms with Crippen LogP contribution in [-0.2, 0) is 28.3 Å². The van der Waals surface area contributed by atoms with Crippen LogP contribution in [0.2, 0.25) is 15.1 Å². The van der Waals surface area contributed by atoms with E-state index in [1.165, 1.54) is 12.1 Å². The Morgan fingerprint density at radius 1 is 0.939 bits per heavy atom. The smallest absolute Gasteiger partial charge is 0.164 e. The molecule has 1 N–H and O–H groups in total. The predicted molar refractivity (Wildman–Crippen MR) is 127 cm³/mol. The molecule has 3 aromatic rings. The van der Waals surface area contributed by atoms with Crippen LogP contribution >= 0.6 is 34.8 Å². The van der Waals surface area contributed by atoms with E-state index in [-0.39, 0.29) is 18.8 Å². The second kappa shape index (κ2) is 10.7. The number of rotatable bonds is 7. The Labute approximate surface area is 206 Å². The summed E-state index contributed by atoms with van der Waals surface area (Å²) in [5, 5.41) is 4.84. The SMILES string of the molecule is Fc1cccc(CO[C@]2(c3ccc(Cl)cc3)CCNC[C@@H]2OCc2ccc(Cl)c(Cl)c2)c1F. The summed E-state index contributed by atoms with van der Waals surface area (Å²) in [6.07, 6.45) is 0.149. The molecule has 0 aromatic heterocycles. The molecule has 1 saturated heterocycles. The molecule has 0 radical (unpaired) electrons. The van der Waals surface area contributed by atoms with E-state index in [0.29, 0.717) is 34.6 Å². The van der Waals surface area contributed by atoms with E-state index in [9.17, 15) is 8.78 Å². The van der Waals surface area contributed by atoms with E-state index in [2.05, 4.69) is 5.32 Å². The molecule has 8 heteroatoms. The number of piperidine rings is 1. The van der Waals surface area contributed by atoms with Crippen LogP contribution in [0, 0.1) is 11.6 Å². The summed E-state index contributed by atoms with van der Waals surface area (Å²) in [5.41, 5.74) is 0.954. The Kier molecular flexibility index (Phi) is 7.90. The van der Waals surface area contributed by atoms with Crippen molar-refractivity contribution >= 4 is 34.8 Å². The molecule has 1 aliphatic heterocycles. The summed E-state index contributed by atoms with van der Waals surface area (Å²) in [6.45, 7) is 1.34. The van der Waals surface area contributed by atoms with Crippen molar-refractivity contribution < 1.29 is 18.3 Å². The van der Waals surface area contributed by atoms with Crippen LogP contribution in [0.1, 0.15) is 23.1 Å². The maximum absolute atomic E-state index is 14.3. The third-order valence-electron chi connectivity index (χ3n) is 5.81. The highest BCUT2D eigenvalue weighted by Crippen LogP contribution is 2.39. The van der Waals surface area contributed by atoms with Crippen LogP contribution in [-0.4, -0.2) is 19.2 Å². The molecule has 1 heterocycles. The van der Waals surface area contributed by atoms with Gasteiger partial charge in [-0.25, -0.2) is 8.78 Å². The average molecular weight is 513 g/mol. The molecule has 0 unspecified atom stereocenters. The van der Waals surface area contributed by atoms with Gasteiger partial charge < -0.3 is 14.8 Å². The monoisotopic (exact) mass is 511 g/mol. The van der Waals surface area contributed by atoms with Gasteiger partial charge in [-0.2, -0.15) is 0 Å². The van der Waals surface area contributed by atoms with E-state index in [1.54, 1.807) is 24.3 Å². The summed E-state index contributed by atoms with van der Waals surface area (Å²) in [6, 6.07) is 16.7. The van der Waals surface area contributed by atoms with Crippen molar-refractivity contribution in [3.63, 3.8) is 0 Å². The third-order valence-corrected chi connectivity index (χ3v) is 6.80. The van der Waals surface area contributed by atoms with E-state index in [0.717, 1.165) is 17.2 Å². The summed E-state index contributed by atoms with van der Waals surface area (Å²) in [5.74, 6) is -1.82. The Morgan fingerprint density at radius 3 is 2.48 bits per heavy atom.